The smallest absolute Gasteiger partial charge is 0.0694 e. The Morgan fingerprint density at radius 3 is 2.67 bits per heavy atom. The number of rotatable bonds is 3. The van der Waals surface area contributed by atoms with Gasteiger partial charge in [-0.15, -0.1) is 0 Å². The first-order valence-corrected chi connectivity index (χ1v) is 8.37. The lowest BCUT2D eigenvalue weighted by atomic mass is 9.99. The van der Waals surface area contributed by atoms with Crippen molar-refractivity contribution in [2.45, 2.75) is 52.2 Å². The molecule has 0 amide bonds. The maximum Gasteiger partial charge on any atom is 0.0694 e. The summed E-state index contributed by atoms with van der Waals surface area (Å²) in [4.78, 5) is 2.47. The number of hydrogen-bond acceptors (Lipinski definition) is 3. The summed E-state index contributed by atoms with van der Waals surface area (Å²) in [5, 5.41) is 3.59. The molecule has 1 aliphatic rings. The molecule has 0 unspecified atom stereocenters. The third-order valence-electron chi connectivity index (χ3n) is 3.79. The quantitative estimate of drug-likeness (QED) is 0.889. The number of ether oxygens (including phenoxy) is 1. The highest BCUT2D eigenvalue weighted by molar-refractivity contribution is 9.10. The Balaban J connectivity index is 2.30. The summed E-state index contributed by atoms with van der Waals surface area (Å²) in [6.07, 6.45) is 0. The number of morpholine rings is 1. The van der Waals surface area contributed by atoms with E-state index in [1.807, 2.05) is 0 Å². The second-order valence-electron chi connectivity index (χ2n) is 7.39. The zero-order chi connectivity index (χ0) is 15.7. The lowest BCUT2D eigenvalue weighted by Crippen LogP contribution is -2.53. The van der Waals surface area contributed by atoms with E-state index in [0.29, 0.717) is 0 Å². The molecule has 1 fully saturated rings. The maximum atomic E-state index is 5.65. The van der Waals surface area contributed by atoms with Gasteiger partial charge in [-0.05, 0) is 58.4 Å². The summed E-state index contributed by atoms with van der Waals surface area (Å²) in [5.74, 6) is 0. The van der Waals surface area contributed by atoms with Gasteiger partial charge in [0.1, 0.15) is 0 Å². The van der Waals surface area contributed by atoms with Crippen LogP contribution in [0.3, 0.4) is 0 Å². The average Bonchev–Trinajstić information content (AvgIpc) is 2.36. The fourth-order valence-corrected chi connectivity index (χ4v) is 3.03. The summed E-state index contributed by atoms with van der Waals surface area (Å²) in [6, 6.07) is 6.57. The second-order valence-corrected chi connectivity index (χ2v) is 8.31. The Morgan fingerprint density at radius 1 is 1.33 bits per heavy atom. The fraction of sp³-hybridized carbons (Fsp3) is 0.647. The predicted molar refractivity (Wildman–Crippen MR) is 93.0 cm³/mol. The Bertz CT molecular complexity index is 494. The fourth-order valence-electron chi connectivity index (χ4n) is 2.62. The van der Waals surface area contributed by atoms with Gasteiger partial charge in [-0.3, -0.25) is 0 Å². The van der Waals surface area contributed by atoms with Gasteiger partial charge in [-0.1, -0.05) is 15.9 Å². The lowest BCUT2D eigenvalue weighted by Gasteiger charge is -2.44. The first-order chi connectivity index (χ1) is 9.69. The Hall–Kier alpha value is -0.580. The molecule has 0 saturated carbocycles. The van der Waals surface area contributed by atoms with Crippen molar-refractivity contribution in [2.75, 3.05) is 24.7 Å². The van der Waals surface area contributed by atoms with Gasteiger partial charge >= 0.3 is 0 Å². The standard InChI is InChI=1S/C17H27BrN2O/c1-16(2,3)19-11-13-10-14(18)6-7-15(13)20-8-9-21-12-17(20,4)5/h6-7,10,19H,8-9,11-12H2,1-5H3. The largest absolute Gasteiger partial charge is 0.377 e. The van der Waals surface area contributed by atoms with Crippen molar-refractivity contribution in [2.24, 2.45) is 0 Å². The molecule has 1 aliphatic heterocycles. The van der Waals surface area contributed by atoms with Crippen LogP contribution >= 0.6 is 15.9 Å². The van der Waals surface area contributed by atoms with E-state index in [9.17, 15) is 0 Å². The number of benzene rings is 1. The van der Waals surface area contributed by atoms with Crippen molar-refractivity contribution in [1.29, 1.82) is 0 Å². The van der Waals surface area contributed by atoms with E-state index >= 15 is 0 Å². The molecular formula is C17H27BrN2O. The van der Waals surface area contributed by atoms with Gasteiger partial charge in [0.05, 0.1) is 18.8 Å². The van der Waals surface area contributed by atoms with Crippen LogP contribution in [0.5, 0.6) is 0 Å². The highest BCUT2D eigenvalue weighted by Crippen LogP contribution is 2.32. The normalized spacial score (nSPS) is 18.9. The van der Waals surface area contributed by atoms with Gasteiger partial charge in [0.25, 0.3) is 0 Å². The first-order valence-electron chi connectivity index (χ1n) is 7.58. The van der Waals surface area contributed by atoms with Crippen LogP contribution in [-0.2, 0) is 11.3 Å². The monoisotopic (exact) mass is 354 g/mol. The van der Waals surface area contributed by atoms with Crippen LogP contribution < -0.4 is 10.2 Å². The molecule has 1 aromatic carbocycles. The molecule has 0 bridgehead atoms. The molecule has 21 heavy (non-hydrogen) atoms. The summed E-state index contributed by atoms with van der Waals surface area (Å²) >= 11 is 3.60. The van der Waals surface area contributed by atoms with E-state index in [1.54, 1.807) is 0 Å². The van der Waals surface area contributed by atoms with E-state index in [0.717, 1.165) is 30.8 Å². The van der Waals surface area contributed by atoms with Crippen molar-refractivity contribution < 1.29 is 4.74 Å². The number of hydrogen-bond donors (Lipinski definition) is 1. The van der Waals surface area contributed by atoms with Crippen molar-refractivity contribution in [3.63, 3.8) is 0 Å². The van der Waals surface area contributed by atoms with E-state index in [2.05, 4.69) is 79.0 Å². The summed E-state index contributed by atoms with van der Waals surface area (Å²) in [6.45, 7) is 14.5. The van der Waals surface area contributed by atoms with E-state index in [4.69, 9.17) is 4.74 Å². The van der Waals surface area contributed by atoms with Crippen LogP contribution in [0.2, 0.25) is 0 Å². The molecule has 0 aliphatic carbocycles. The Kier molecular flexibility index (Phi) is 5.01. The molecule has 3 nitrogen and oxygen atoms in total. The maximum absolute atomic E-state index is 5.65. The van der Waals surface area contributed by atoms with Gasteiger partial charge < -0.3 is 15.0 Å². The minimum Gasteiger partial charge on any atom is -0.377 e. The molecule has 0 aromatic heterocycles. The lowest BCUT2D eigenvalue weighted by molar-refractivity contribution is 0.0643. The van der Waals surface area contributed by atoms with E-state index in [-0.39, 0.29) is 11.1 Å². The van der Waals surface area contributed by atoms with Crippen LogP contribution in [0.25, 0.3) is 0 Å². The first kappa shape index (κ1) is 16.8. The molecule has 0 spiro atoms. The summed E-state index contributed by atoms with van der Waals surface area (Å²) < 4.78 is 6.78. The van der Waals surface area contributed by atoms with Crippen LogP contribution in [0, 0.1) is 0 Å². The van der Waals surface area contributed by atoms with Crippen LogP contribution in [0.1, 0.15) is 40.2 Å². The molecule has 0 radical (unpaired) electrons. The highest BCUT2D eigenvalue weighted by atomic mass is 79.9. The minimum atomic E-state index is 0.0303. The second kappa shape index (κ2) is 6.27. The van der Waals surface area contributed by atoms with Gasteiger partial charge in [-0.2, -0.15) is 0 Å². The van der Waals surface area contributed by atoms with Gasteiger partial charge in [0.2, 0.25) is 0 Å². The van der Waals surface area contributed by atoms with E-state index < -0.39 is 0 Å². The minimum absolute atomic E-state index is 0.0303. The van der Waals surface area contributed by atoms with Crippen molar-refractivity contribution in [3.05, 3.63) is 28.2 Å². The molecule has 2 rings (SSSR count). The summed E-state index contributed by atoms with van der Waals surface area (Å²) in [5.41, 5.74) is 2.78. The molecule has 1 aromatic rings. The highest BCUT2D eigenvalue weighted by Gasteiger charge is 2.31. The average molecular weight is 355 g/mol. The Morgan fingerprint density at radius 2 is 2.05 bits per heavy atom. The third-order valence-corrected chi connectivity index (χ3v) is 4.28. The van der Waals surface area contributed by atoms with E-state index in [1.165, 1.54) is 11.3 Å². The molecular weight excluding hydrogens is 328 g/mol. The molecule has 0 atom stereocenters. The Labute approximate surface area is 137 Å². The van der Waals surface area contributed by atoms with Crippen LogP contribution in [0.15, 0.2) is 22.7 Å². The molecule has 1 saturated heterocycles. The van der Waals surface area contributed by atoms with Gasteiger partial charge in [0.15, 0.2) is 0 Å². The molecule has 1 heterocycles. The molecule has 4 heteroatoms. The van der Waals surface area contributed by atoms with Gasteiger partial charge in [-0.25, -0.2) is 0 Å². The molecule has 118 valence electrons. The third kappa shape index (κ3) is 4.44. The zero-order valence-corrected chi connectivity index (χ0v) is 15.4. The van der Waals surface area contributed by atoms with Crippen molar-refractivity contribution in [3.8, 4) is 0 Å². The molecule has 1 N–H and O–H groups in total. The van der Waals surface area contributed by atoms with Crippen molar-refractivity contribution >= 4 is 21.6 Å². The van der Waals surface area contributed by atoms with Gasteiger partial charge in [0, 0.05) is 28.8 Å². The topological polar surface area (TPSA) is 24.5 Å². The number of anilines is 1. The van der Waals surface area contributed by atoms with Crippen LogP contribution in [0.4, 0.5) is 5.69 Å². The predicted octanol–water partition coefficient (Wildman–Crippen LogP) is 3.95. The number of halogens is 1. The number of nitrogens with one attached hydrogen (secondary N) is 1. The number of nitrogens with zero attached hydrogens (tertiary/aromatic N) is 1. The zero-order valence-electron chi connectivity index (χ0n) is 13.8. The SMILES string of the molecule is CC(C)(C)NCc1cc(Br)ccc1N1CCOCC1(C)C. The van der Waals surface area contributed by atoms with Crippen LogP contribution in [-0.4, -0.2) is 30.8 Å². The summed E-state index contributed by atoms with van der Waals surface area (Å²) in [7, 11) is 0. The van der Waals surface area contributed by atoms with Crippen molar-refractivity contribution in [1.82, 2.24) is 5.32 Å².